The molecule has 1 aromatic heterocycles. The Balaban J connectivity index is 2.31. The van der Waals surface area contributed by atoms with Gasteiger partial charge in [0, 0.05) is 18.4 Å². The lowest BCUT2D eigenvalue weighted by atomic mass is 10.2. The van der Waals surface area contributed by atoms with Gasteiger partial charge in [-0.15, -0.1) is 0 Å². The topological polar surface area (TPSA) is 55.0 Å². The number of rotatable bonds is 5. The fourth-order valence-electron chi connectivity index (χ4n) is 1.83. The summed E-state index contributed by atoms with van der Waals surface area (Å²) in [4.78, 5) is 10.8. The molecule has 1 aromatic carbocycles. The lowest BCUT2D eigenvalue weighted by Gasteiger charge is -2.23. The van der Waals surface area contributed by atoms with E-state index in [0.29, 0.717) is 6.54 Å². The smallest absolute Gasteiger partial charge is 0.136 e. The first-order valence-electron chi connectivity index (χ1n) is 6.13. The molecule has 0 saturated heterocycles. The highest BCUT2D eigenvalue weighted by atomic mass is 15.2. The van der Waals surface area contributed by atoms with Crippen LogP contribution in [-0.2, 0) is 0 Å². The molecule has 0 aliphatic heterocycles. The van der Waals surface area contributed by atoms with Crippen molar-refractivity contribution in [2.75, 3.05) is 18.0 Å². The fraction of sp³-hybridized carbons (Fsp3) is 0.286. The van der Waals surface area contributed by atoms with Crippen molar-refractivity contribution in [3.8, 4) is 0 Å². The van der Waals surface area contributed by atoms with Crippen LogP contribution in [0.2, 0.25) is 0 Å². The van der Waals surface area contributed by atoms with Gasteiger partial charge in [0.2, 0.25) is 0 Å². The van der Waals surface area contributed by atoms with Crippen molar-refractivity contribution in [3.63, 3.8) is 0 Å². The number of hydrogen-bond donors (Lipinski definition) is 1. The summed E-state index contributed by atoms with van der Waals surface area (Å²) in [5.41, 5.74) is 6.73. The number of hydrogen-bond acceptors (Lipinski definition) is 4. The lowest BCUT2D eigenvalue weighted by Crippen LogP contribution is -2.22. The Bertz CT molecular complexity index is 484. The average Bonchev–Trinajstić information content (AvgIpc) is 2.40. The second-order valence-electron chi connectivity index (χ2n) is 4.09. The minimum Gasteiger partial charge on any atom is -0.330 e. The van der Waals surface area contributed by atoms with Gasteiger partial charge in [-0.3, -0.25) is 0 Å². The molecular weight excluding hydrogens is 224 g/mol. The van der Waals surface area contributed by atoms with Gasteiger partial charge in [-0.25, -0.2) is 9.97 Å². The molecule has 2 rings (SSSR count). The molecule has 0 saturated carbocycles. The SMILES string of the molecule is Cc1nccc(N(CCCN)c2ccccc2)n1. The van der Waals surface area contributed by atoms with Gasteiger partial charge in [0.1, 0.15) is 11.6 Å². The minimum absolute atomic E-state index is 0.674. The molecule has 1 heterocycles. The quantitative estimate of drug-likeness (QED) is 0.874. The van der Waals surface area contributed by atoms with Crippen LogP contribution in [-0.4, -0.2) is 23.1 Å². The molecule has 0 atom stereocenters. The van der Waals surface area contributed by atoms with E-state index in [2.05, 4.69) is 27.0 Å². The number of benzene rings is 1. The van der Waals surface area contributed by atoms with Crippen molar-refractivity contribution in [2.45, 2.75) is 13.3 Å². The molecule has 0 bridgehead atoms. The third-order valence-corrected chi connectivity index (χ3v) is 2.69. The van der Waals surface area contributed by atoms with Crippen molar-refractivity contribution in [2.24, 2.45) is 5.73 Å². The zero-order valence-electron chi connectivity index (χ0n) is 10.6. The van der Waals surface area contributed by atoms with E-state index in [1.165, 1.54) is 0 Å². The first-order chi connectivity index (χ1) is 8.81. The summed E-state index contributed by atoms with van der Waals surface area (Å²) in [6, 6.07) is 12.1. The van der Waals surface area contributed by atoms with Gasteiger partial charge in [-0.05, 0) is 38.1 Å². The molecule has 2 N–H and O–H groups in total. The van der Waals surface area contributed by atoms with Crippen LogP contribution in [0.25, 0.3) is 0 Å². The van der Waals surface area contributed by atoms with Crippen LogP contribution >= 0.6 is 0 Å². The molecule has 0 unspecified atom stereocenters. The first kappa shape index (κ1) is 12.5. The molecule has 94 valence electrons. The van der Waals surface area contributed by atoms with E-state index in [9.17, 15) is 0 Å². The summed E-state index contributed by atoms with van der Waals surface area (Å²) < 4.78 is 0. The molecule has 2 aromatic rings. The number of nitrogens with two attached hydrogens (primary N) is 1. The number of anilines is 2. The van der Waals surface area contributed by atoms with E-state index >= 15 is 0 Å². The van der Waals surface area contributed by atoms with Crippen LogP contribution in [0.4, 0.5) is 11.5 Å². The molecule has 0 aliphatic rings. The zero-order chi connectivity index (χ0) is 12.8. The highest BCUT2D eigenvalue weighted by Gasteiger charge is 2.09. The number of nitrogens with zero attached hydrogens (tertiary/aromatic N) is 3. The van der Waals surface area contributed by atoms with E-state index in [-0.39, 0.29) is 0 Å². The third-order valence-electron chi connectivity index (χ3n) is 2.69. The molecule has 0 fully saturated rings. The van der Waals surface area contributed by atoms with E-state index in [1.54, 1.807) is 6.20 Å². The fourth-order valence-corrected chi connectivity index (χ4v) is 1.83. The number of aryl methyl sites for hydroxylation is 1. The maximum absolute atomic E-state index is 5.60. The summed E-state index contributed by atoms with van der Waals surface area (Å²) in [6.45, 7) is 3.43. The lowest BCUT2D eigenvalue weighted by molar-refractivity contribution is 0.805. The maximum atomic E-state index is 5.60. The van der Waals surface area contributed by atoms with Crippen molar-refractivity contribution < 1.29 is 0 Å². The molecule has 18 heavy (non-hydrogen) atoms. The highest BCUT2D eigenvalue weighted by Crippen LogP contribution is 2.22. The second-order valence-corrected chi connectivity index (χ2v) is 4.09. The van der Waals surface area contributed by atoms with Crippen LogP contribution in [0.1, 0.15) is 12.2 Å². The molecule has 0 amide bonds. The number of aromatic nitrogens is 2. The average molecular weight is 242 g/mol. The largest absolute Gasteiger partial charge is 0.330 e. The summed E-state index contributed by atoms with van der Waals surface area (Å²) in [5.74, 6) is 1.70. The van der Waals surface area contributed by atoms with Crippen LogP contribution in [0.5, 0.6) is 0 Å². The highest BCUT2D eigenvalue weighted by molar-refractivity contribution is 5.59. The Kier molecular flexibility index (Phi) is 4.25. The van der Waals surface area contributed by atoms with Crippen molar-refractivity contribution in [3.05, 3.63) is 48.4 Å². The molecule has 4 heteroatoms. The van der Waals surface area contributed by atoms with Crippen LogP contribution in [0.3, 0.4) is 0 Å². The van der Waals surface area contributed by atoms with Crippen LogP contribution < -0.4 is 10.6 Å². The summed E-state index contributed by atoms with van der Waals surface area (Å²) in [5, 5.41) is 0. The van der Waals surface area contributed by atoms with Gasteiger partial charge >= 0.3 is 0 Å². The van der Waals surface area contributed by atoms with Crippen molar-refractivity contribution in [1.82, 2.24) is 9.97 Å². The van der Waals surface area contributed by atoms with Gasteiger partial charge in [-0.1, -0.05) is 18.2 Å². The molecule has 0 spiro atoms. The van der Waals surface area contributed by atoms with Crippen molar-refractivity contribution >= 4 is 11.5 Å². The van der Waals surface area contributed by atoms with Gasteiger partial charge < -0.3 is 10.6 Å². The maximum Gasteiger partial charge on any atom is 0.136 e. The number of para-hydroxylation sites is 1. The Morgan fingerprint density at radius 3 is 2.61 bits per heavy atom. The third kappa shape index (κ3) is 3.05. The summed E-state index contributed by atoms with van der Waals surface area (Å²) >= 11 is 0. The summed E-state index contributed by atoms with van der Waals surface area (Å²) in [7, 11) is 0. The standard InChI is InChI=1S/C14H18N4/c1-12-16-10-8-14(17-12)18(11-5-9-15)13-6-3-2-4-7-13/h2-4,6-8,10H,5,9,11,15H2,1H3. The van der Waals surface area contributed by atoms with Crippen LogP contribution in [0, 0.1) is 6.92 Å². The molecular formula is C14H18N4. The monoisotopic (exact) mass is 242 g/mol. The van der Waals surface area contributed by atoms with E-state index in [4.69, 9.17) is 5.73 Å². The van der Waals surface area contributed by atoms with E-state index in [1.807, 2.05) is 31.2 Å². The second kappa shape index (κ2) is 6.12. The minimum atomic E-state index is 0.674. The molecule has 0 radical (unpaired) electrons. The Hall–Kier alpha value is -1.94. The summed E-state index contributed by atoms with van der Waals surface area (Å²) in [6.07, 6.45) is 2.72. The van der Waals surface area contributed by atoms with Gasteiger partial charge in [0.25, 0.3) is 0 Å². The zero-order valence-corrected chi connectivity index (χ0v) is 10.6. The van der Waals surface area contributed by atoms with Gasteiger partial charge in [0.05, 0.1) is 0 Å². The predicted molar refractivity (Wildman–Crippen MR) is 73.9 cm³/mol. The van der Waals surface area contributed by atoms with Gasteiger partial charge in [-0.2, -0.15) is 0 Å². The van der Waals surface area contributed by atoms with E-state index < -0.39 is 0 Å². The Morgan fingerprint density at radius 1 is 1.17 bits per heavy atom. The van der Waals surface area contributed by atoms with Gasteiger partial charge in [0.15, 0.2) is 0 Å². The Morgan fingerprint density at radius 2 is 1.94 bits per heavy atom. The molecule has 4 nitrogen and oxygen atoms in total. The van der Waals surface area contributed by atoms with Crippen LogP contribution in [0.15, 0.2) is 42.6 Å². The first-order valence-corrected chi connectivity index (χ1v) is 6.13. The van der Waals surface area contributed by atoms with E-state index in [0.717, 1.165) is 30.3 Å². The predicted octanol–water partition coefficient (Wildman–Crippen LogP) is 2.27. The van der Waals surface area contributed by atoms with Crippen molar-refractivity contribution in [1.29, 1.82) is 0 Å². The molecule has 0 aliphatic carbocycles. The Labute approximate surface area is 107 Å². The normalized spacial score (nSPS) is 10.3.